The van der Waals surface area contributed by atoms with Crippen LogP contribution < -0.4 is 10.2 Å². The molecule has 0 radical (unpaired) electrons. The highest BCUT2D eigenvalue weighted by Crippen LogP contribution is 2.19. The molecule has 0 bridgehead atoms. The summed E-state index contributed by atoms with van der Waals surface area (Å²) in [4.78, 5) is 12.7. The van der Waals surface area contributed by atoms with Crippen LogP contribution in [0.5, 0.6) is 0 Å². The standard InChI is InChI=1S/C11H13FN2O2/c12-10-7-8(1-2-9(10)11(15)16)14-5-3-13-4-6-14/h1-2,7,13H,3-6H2,(H,15,16). The molecule has 5 heteroatoms. The lowest BCUT2D eigenvalue weighted by Crippen LogP contribution is -2.43. The molecule has 0 atom stereocenters. The smallest absolute Gasteiger partial charge is 0.338 e. The van der Waals surface area contributed by atoms with Crippen LogP contribution in [0.25, 0.3) is 0 Å². The molecule has 1 aliphatic rings. The van der Waals surface area contributed by atoms with Gasteiger partial charge in [0.25, 0.3) is 0 Å². The average Bonchev–Trinajstić information content (AvgIpc) is 2.29. The van der Waals surface area contributed by atoms with Crippen molar-refractivity contribution in [3.8, 4) is 0 Å². The predicted molar refractivity (Wildman–Crippen MR) is 58.4 cm³/mol. The first kappa shape index (κ1) is 10.9. The normalized spacial score (nSPS) is 16.2. The Morgan fingerprint density at radius 3 is 2.62 bits per heavy atom. The Morgan fingerprint density at radius 1 is 1.38 bits per heavy atom. The number of carboxylic acid groups (broad SMARTS) is 1. The van der Waals surface area contributed by atoms with Gasteiger partial charge in [-0.05, 0) is 18.2 Å². The number of halogens is 1. The van der Waals surface area contributed by atoms with Gasteiger partial charge in [0.05, 0.1) is 5.56 Å². The first-order valence-corrected chi connectivity index (χ1v) is 5.17. The molecule has 0 saturated carbocycles. The van der Waals surface area contributed by atoms with Gasteiger partial charge in [0, 0.05) is 31.9 Å². The van der Waals surface area contributed by atoms with Crippen LogP contribution in [0, 0.1) is 5.82 Å². The zero-order valence-corrected chi connectivity index (χ0v) is 8.74. The molecule has 1 heterocycles. The molecule has 0 aliphatic carbocycles. The summed E-state index contributed by atoms with van der Waals surface area (Å²) in [5.74, 6) is -1.91. The van der Waals surface area contributed by atoms with E-state index in [1.54, 1.807) is 6.07 Å². The van der Waals surface area contributed by atoms with Crippen LogP contribution in [-0.4, -0.2) is 37.3 Å². The highest BCUT2D eigenvalue weighted by molar-refractivity contribution is 5.88. The number of carboxylic acids is 1. The first-order valence-electron chi connectivity index (χ1n) is 5.17. The number of anilines is 1. The summed E-state index contributed by atoms with van der Waals surface area (Å²) < 4.78 is 13.4. The van der Waals surface area contributed by atoms with Gasteiger partial charge in [-0.15, -0.1) is 0 Å². The lowest BCUT2D eigenvalue weighted by Gasteiger charge is -2.29. The number of carbonyl (C=O) groups is 1. The lowest BCUT2D eigenvalue weighted by atomic mass is 10.1. The maximum absolute atomic E-state index is 13.4. The Hall–Kier alpha value is -1.62. The van der Waals surface area contributed by atoms with Crippen molar-refractivity contribution in [2.75, 3.05) is 31.1 Å². The van der Waals surface area contributed by atoms with Gasteiger partial charge in [-0.25, -0.2) is 9.18 Å². The fourth-order valence-corrected chi connectivity index (χ4v) is 1.80. The van der Waals surface area contributed by atoms with Crippen LogP contribution in [0.3, 0.4) is 0 Å². The molecule has 2 rings (SSSR count). The Kier molecular flexibility index (Phi) is 3.05. The Bertz CT molecular complexity index is 403. The highest BCUT2D eigenvalue weighted by Gasteiger charge is 2.15. The van der Waals surface area contributed by atoms with Crippen molar-refractivity contribution in [2.24, 2.45) is 0 Å². The predicted octanol–water partition coefficient (Wildman–Crippen LogP) is 0.933. The lowest BCUT2D eigenvalue weighted by molar-refractivity contribution is 0.0692. The van der Waals surface area contributed by atoms with Gasteiger partial charge in [-0.1, -0.05) is 0 Å². The van der Waals surface area contributed by atoms with E-state index in [-0.39, 0.29) is 5.56 Å². The topological polar surface area (TPSA) is 52.6 Å². The minimum atomic E-state index is -1.23. The zero-order chi connectivity index (χ0) is 11.5. The summed E-state index contributed by atoms with van der Waals surface area (Å²) in [5.41, 5.74) is 0.461. The van der Waals surface area contributed by atoms with E-state index in [2.05, 4.69) is 5.32 Å². The second-order valence-corrected chi connectivity index (χ2v) is 3.71. The van der Waals surface area contributed by atoms with E-state index in [0.29, 0.717) is 0 Å². The summed E-state index contributed by atoms with van der Waals surface area (Å²) in [6, 6.07) is 4.25. The van der Waals surface area contributed by atoms with Crippen LogP contribution in [0.15, 0.2) is 18.2 Å². The molecule has 0 spiro atoms. The molecule has 1 aromatic rings. The van der Waals surface area contributed by atoms with Crippen molar-refractivity contribution in [1.82, 2.24) is 5.32 Å². The van der Waals surface area contributed by atoms with Crippen LogP contribution in [0.2, 0.25) is 0 Å². The fourth-order valence-electron chi connectivity index (χ4n) is 1.80. The molecule has 0 unspecified atom stereocenters. The number of hydrogen-bond acceptors (Lipinski definition) is 3. The van der Waals surface area contributed by atoms with Gasteiger partial charge in [0.1, 0.15) is 5.82 Å². The van der Waals surface area contributed by atoms with Crippen molar-refractivity contribution in [2.45, 2.75) is 0 Å². The Balaban J connectivity index is 2.23. The SMILES string of the molecule is O=C(O)c1ccc(N2CCNCC2)cc1F. The maximum Gasteiger partial charge on any atom is 0.338 e. The number of nitrogens with one attached hydrogen (secondary N) is 1. The minimum Gasteiger partial charge on any atom is -0.478 e. The third-order valence-electron chi connectivity index (χ3n) is 2.67. The van der Waals surface area contributed by atoms with Crippen molar-refractivity contribution in [3.63, 3.8) is 0 Å². The van der Waals surface area contributed by atoms with Crippen LogP contribution in [0.1, 0.15) is 10.4 Å². The van der Waals surface area contributed by atoms with Gasteiger partial charge in [0.2, 0.25) is 0 Å². The molecule has 1 fully saturated rings. The van der Waals surface area contributed by atoms with E-state index in [0.717, 1.165) is 31.9 Å². The van der Waals surface area contributed by atoms with Gasteiger partial charge in [-0.2, -0.15) is 0 Å². The molecular formula is C11H13FN2O2. The number of benzene rings is 1. The molecule has 16 heavy (non-hydrogen) atoms. The third kappa shape index (κ3) is 2.14. The molecule has 86 valence electrons. The number of piperazine rings is 1. The van der Waals surface area contributed by atoms with Crippen LogP contribution >= 0.6 is 0 Å². The highest BCUT2D eigenvalue weighted by atomic mass is 19.1. The first-order chi connectivity index (χ1) is 7.68. The van der Waals surface area contributed by atoms with Gasteiger partial charge < -0.3 is 15.3 Å². The molecule has 0 amide bonds. The fraction of sp³-hybridized carbons (Fsp3) is 0.364. The Morgan fingerprint density at radius 2 is 2.06 bits per heavy atom. The molecule has 1 aromatic carbocycles. The average molecular weight is 224 g/mol. The van der Waals surface area contributed by atoms with Gasteiger partial charge in [0.15, 0.2) is 0 Å². The molecule has 4 nitrogen and oxygen atoms in total. The summed E-state index contributed by atoms with van der Waals surface area (Å²) in [7, 11) is 0. The second kappa shape index (κ2) is 4.49. The van der Waals surface area contributed by atoms with Crippen LogP contribution in [-0.2, 0) is 0 Å². The monoisotopic (exact) mass is 224 g/mol. The molecular weight excluding hydrogens is 211 g/mol. The van der Waals surface area contributed by atoms with E-state index in [1.807, 2.05) is 4.90 Å². The van der Waals surface area contributed by atoms with Crippen molar-refractivity contribution < 1.29 is 14.3 Å². The zero-order valence-electron chi connectivity index (χ0n) is 8.74. The van der Waals surface area contributed by atoms with E-state index in [4.69, 9.17) is 5.11 Å². The summed E-state index contributed by atoms with van der Waals surface area (Å²) in [5, 5.41) is 11.9. The number of rotatable bonds is 2. The van der Waals surface area contributed by atoms with Gasteiger partial charge >= 0.3 is 5.97 Å². The third-order valence-corrected chi connectivity index (χ3v) is 2.67. The van der Waals surface area contributed by atoms with Crippen molar-refractivity contribution in [3.05, 3.63) is 29.6 Å². The molecule has 0 aromatic heterocycles. The minimum absolute atomic E-state index is 0.279. The van der Waals surface area contributed by atoms with Crippen molar-refractivity contribution >= 4 is 11.7 Å². The molecule has 2 N–H and O–H groups in total. The quantitative estimate of drug-likeness (QED) is 0.784. The maximum atomic E-state index is 13.4. The van der Waals surface area contributed by atoms with E-state index in [9.17, 15) is 9.18 Å². The largest absolute Gasteiger partial charge is 0.478 e. The van der Waals surface area contributed by atoms with Crippen molar-refractivity contribution in [1.29, 1.82) is 0 Å². The van der Waals surface area contributed by atoms with Gasteiger partial charge in [-0.3, -0.25) is 0 Å². The van der Waals surface area contributed by atoms with E-state index in [1.165, 1.54) is 12.1 Å². The summed E-state index contributed by atoms with van der Waals surface area (Å²) in [6.45, 7) is 3.35. The summed E-state index contributed by atoms with van der Waals surface area (Å²) >= 11 is 0. The van der Waals surface area contributed by atoms with E-state index < -0.39 is 11.8 Å². The number of hydrogen-bond donors (Lipinski definition) is 2. The van der Waals surface area contributed by atoms with E-state index >= 15 is 0 Å². The molecule has 1 aliphatic heterocycles. The molecule has 1 saturated heterocycles. The second-order valence-electron chi connectivity index (χ2n) is 3.71. The number of aromatic carboxylic acids is 1. The van der Waals surface area contributed by atoms with Crippen LogP contribution in [0.4, 0.5) is 10.1 Å². The summed E-state index contributed by atoms with van der Waals surface area (Å²) in [6.07, 6.45) is 0. The Labute approximate surface area is 92.7 Å². The number of nitrogens with zero attached hydrogens (tertiary/aromatic N) is 1.